The van der Waals surface area contributed by atoms with Gasteiger partial charge in [0.1, 0.15) is 5.54 Å². The average molecular weight is 291 g/mol. The van der Waals surface area contributed by atoms with Crippen molar-refractivity contribution in [2.75, 3.05) is 12.3 Å². The number of carboxylic acids is 1. The van der Waals surface area contributed by atoms with Crippen LogP contribution in [0.4, 0.5) is 0 Å². The molecule has 0 bridgehead atoms. The lowest BCUT2D eigenvalue weighted by atomic mass is 9.91. The van der Waals surface area contributed by atoms with Crippen LogP contribution in [0.1, 0.15) is 53.4 Å². The van der Waals surface area contributed by atoms with Crippen LogP contribution in [-0.2, 0) is 14.8 Å². The fourth-order valence-corrected chi connectivity index (χ4v) is 4.58. The van der Waals surface area contributed by atoms with E-state index in [1.807, 2.05) is 20.8 Å². The van der Waals surface area contributed by atoms with E-state index in [4.69, 9.17) is 0 Å². The Balaban J connectivity index is 2.94. The maximum Gasteiger partial charge on any atom is 0.324 e. The van der Waals surface area contributed by atoms with Gasteiger partial charge in [-0.25, -0.2) is 8.42 Å². The minimum absolute atomic E-state index is 0.0133. The second-order valence-corrected chi connectivity index (χ2v) is 8.75. The van der Waals surface area contributed by atoms with E-state index < -0.39 is 21.5 Å². The zero-order valence-corrected chi connectivity index (χ0v) is 13.1. The first-order valence-corrected chi connectivity index (χ1v) is 8.34. The summed E-state index contributed by atoms with van der Waals surface area (Å²) in [7, 11) is -3.52. The van der Waals surface area contributed by atoms with Gasteiger partial charge in [0.05, 0.1) is 5.75 Å². The lowest BCUT2D eigenvalue weighted by Gasteiger charge is -2.40. The third-order valence-electron chi connectivity index (χ3n) is 3.73. The van der Waals surface area contributed by atoms with Crippen molar-refractivity contribution >= 4 is 16.0 Å². The number of nitrogens with zero attached hydrogens (tertiary/aromatic N) is 1. The number of carbonyl (C=O) groups is 1. The van der Waals surface area contributed by atoms with Gasteiger partial charge in [-0.1, -0.05) is 20.8 Å². The normalized spacial score (nSPS) is 26.3. The maximum atomic E-state index is 12.4. The van der Waals surface area contributed by atoms with Gasteiger partial charge in [-0.2, -0.15) is 4.31 Å². The van der Waals surface area contributed by atoms with Crippen LogP contribution in [0.5, 0.6) is 0 Å². The first-order valence-electron chi connectivity index (χ1n) is 6.73. The summed E-state index contributed by atoms with van der Waals surface area (Å²) in [5, 5.41) is 9.35. The standard InChI is InChI=1S/C13H25NO4S/c1-12(2,3)8-10-19(17,18)14-9-6-5-7-13(14,4)11(15)16/h5-10H2,1-4H3,(H,15,16). The minimum atomic E-state index is -3.52. The quantitative estimate of drug-likeness (QED) is 0.860. The van der Waals surface area contributed by atoms with E-state index in [0.717, 1.165) is 12.8 Å². The van der Waals surface area contributed by atoms with E-state index in [1.165, 1.54) is 11.2 Å². The Kier molecular flexibility index (Phi) is 4.67. The smallest absolute Gasteiger partial charge is 0.324 e. The third-order valence-corrected chi connectivity index (χ3v) is 5.71. The molecule has 0 saturated carbocycles. The van der Waals surface area contributed by atoms with Crippen molar-refractivity contribution in [3.63, 3.8) is 0 Å². The molecule has 1 saturated heterocycles. The average Bonchev–Trinajstić information content (AvgIpc) is 2.26. The Morgan fingerprint density at radius 1 is 1.32 bits per heavy atom. The Bertz CT molecular complexity index is 438. The van der Waals surface area contributed by atoms with Crippen molar-refractivity contribution < 1.29 is 18.3 Å². The third kappa shape index (κ3) is 3.92. The zero-order chi connectivity index (χ0) is 14.9. The predicted octanol–water partition coefficient (Wildman–Crippen LogP) is 2.08. The van der Waals surface area contributed by atoms with Crippen LogP contribution in [0.2, 0.25) is 0 Å². The zero-order valence-electron chi connectivity index (χ0n) is 12.3. The van der Waals surface area contributed by atoms with Crippen molar-refractivity contribution in [2.45, 2.75) is 58.9 Å². The highest BCUT2D eigenvalue weighted by molar-refractivity contribution is 7.89. The summed E-state index contributed by atoms with van der Waals surface area (Å²) in [5.74, 6) is -1.04. The second kappa shape index (κ2) is 5.40. The number of sulfonamides is 1. The number of rotatable bonds is 4. The largest absolute Gasteiger partial charge is 0.480 e. The molecule has 0 radical (unpaired) electrons. The lowest BCUT2D eigenvalue weighted by molar-refractivity contribution is -0.149. The van der Waals surface area contributed by atoms with Crippen LogP contribution in [0.25, 0.3) is 0 Å². The molecule has 6 heteroatoms. The highest BCUT2D eigenvalue weighted by Gasteiger charge is 2.47. The molecule has 1 fully saturated rings. The van der Waals surface area contributed by atoms with E-state index in [9.17, 15) is 18.3 Å². The van der Waals surface area contributed by atoms with Crippen molar-refractivity contribution in [3.05, 3.63) is 0 Å². The molecule has 5 nitrogen and oxygen atoms in total. The topological polar surface area (TPSA) is 74.7 Å². The summed E-state index contributed by atoms with van der Waals surface area (Å²) in [6, 6.07) is 0. The highest BCUT2D eigenvalue weighted by atomic mass is 32.2. The second-order valence-electron chi connectivity index (χ2n) is 6.73. The summed E-state index contributed by atoms with van der Waals surface area (Å²) in [5.41, 5.74) is -1.36. The first-order chi connectivity index (χ1) is 8.49. The molecule has 19 heavy (non-hydrogen) atoms. The predicted molar refractivity (Wildman–Crippen MR) is 74.5 cm³/mol. The molecule has 0 aromatic carbocycles. The Morgan fingerprint density at radius 2 is 1.89 bits per heavy atom. The van der Waals surface area contributed by atoms with Crippen molar-refractivity contribution in [1.82, 2.24) is 4.31 Å². The highest BCUT2D eigenvalue weighted by Crippen LogP contribution is 2.32. The van der Waals surface area contributed by atoms with Crippen LogP contribution in [-0.4, -0.2) is 41.6 Å². The molecular weight excluding hydrogens is 266 g/mol. The molecule has 1 aliphatic rings. The van der Waals surface area contributed by atoms with Crippen LogP contribution < -0.4 is 0 Å². The number of hydrogen-bond donors (Lipinski definition) is 1. The van der Waals surface area contributed by atoms with E-state index in [2.05, 4.69) is 0 Å². The summed E-state index contributed by atoms with van der Waals surface area (Å²) in [4.78, 5) is 11.4. The van der Waals surface area contributed by atoms with Crippen LogP contribution >= 0.6 is 0 Å². The van der Waals surface area contributed by atoms with Gasteiger partial charge in [0.2, 0.25) is 10.0 Å². The van der Waals surface area contributed by atoms with E-state index in [-0.39, 0.29) is 11.2 Å². The molecule has 112 valence electrons. The molecule has 1 unspecified atom stereocenters. The van der Waals surface area contributed by atoms with Crippen molar-refractivity contribution in [3.8, 4) is 0 Å². The summed E-state index contributed by atoms with van der Waals surface area (Å²) >= 11 is 0. The number of carboxylic acid groups (broad SMARTS) is 1. The van der Waals surface area contributed by atoms with E-state index in [0.29, 0.717) is 19.4 Å². The Morgan fingerprint density at radius 3 is 2.37 bits per heavy atom. The van der Waals surface area contributed by atoms with Gasteiger partial charge in [0.25, 0.3) is 0 Å². The number of hydrogen-bond acceptors (Lipinski definition) is 3. The molecule has 0 amide bonds. The van der Waals surface area contributed by atoms with Gasteiger partial charge >= 0.3 is 5.97 Å². The Hall–Kier alpha value is -0.620. The van der Waals surface area contributed by atoms with Gasteiger partial charge in [0.15, 0.2) is 0 Å². The number of aliphatic carboxylic acids is 1. The molecular formula is C13H25NO4S. The van der Waals surface area contributed by atoms with Crippen molar-refractivity contribution in [1.29, 1.82) is 0 Å². The number of piperidine rings is 1. The van der Waals surface area contributed by atoms with Crippen LogP contribution in [0, 0.1) is 5.41 Å². The van der Waals surface area contributed by atoms with Gasteiger partial charge in [-0.15, -0.1) is 0 Å². The molecule has 1 aliphatic heterocycles. The van der Waals surface area contributed by atoms with Crippen molar-refractivity contribution in [2.24, 2.45) is 5.41 Å². The van der Waals surface area contributed by atoms with Gasteiger partial charge < -0.3 is 5.11 Å². The molecule has 0 aliphatic carbocycles. The molecule has 0 aromatic rings. The minimum Gasteiger partial charge on any atom is -0.480 e. The van der Waals surface area contributed by atoms with E-state index in [1.54, 1.807) is 0 Å². The van der Waals surface area contributed by atoms with Gasteiger partial charge in [-0.3, -0.25) is 4.79 Å². The van der Waals surface area contributed by atoms with Crippen LogP contribution in [0.3, 0.4) is 0 Å². The summed E-state index contributed by atoms with van der Waals surface area (Å²) in [6.45, 7) is 7.78. The fraction of sp³-hybridized carbons (Fsp3) is 0.923. The maximum absolute atomic E-state index is 12.4. The first kappa shape index (κ1) is 16.4. The molecule has 1 atom stereocenters. The van der Waals surface area contributed by atoms with Crippen LogP contribution in [0.15, 0.2) is 0 Å². The molecule has 1 N–H and O–H groups in total. The molecule has 0 aromatic heterocycles. The molecule has 1 rings (SSSR count). The molecule has 1 heterocycles. The fourth-order valence-electron chi connectivity index (χ4n) is 2.30. The summed E-state index contributed by atoms with van der Waals surface area (Å²) < 4.78 is 26.0. The Labute approximate surface area is 116 Å². The lowest BCUT2D eigenvalue weighted by Crippen LogP contribution is -2.57. The van der Waals surface area contributed by atoms with E-state index >= 15 is 0 Å². The molecule has 0 spiro atoms. The SMILES string of the molecule is CC(C)(C)CCS(=O)(=O)N1CCCCC1(C)C(=O)O. The van der Waals surface area contributed by atoms with Gasteiger partial charge in [0, 0.05) is 6.54 Å². The monoisotopic (exact) mass is 291 g/mol. The van der Waals surface area contributed by atoms with Gasteiger partial charge in [-0.05, 0) is 38.0 Å². The summed E-state index contributed by atoms with van der Waals surface area (Å²) in [6.07, 6.45) is 2.41.